The summed E-state index contributed by atoms with van der Waals surface area (Å²) in [6.07, 6.45) is 6.78. The van der Waals surface area contributed by atoms with Crippen LogP contribution in [0.3, 0.4) is 0 Å². The normalized spacial score (nSPS) is 15.7. The van der Waals surface area contributed by atoms with E-state index in [1.807, 2.05) is 18.5 Å². The number of nitrogens with zero attached hydrogens (tertiary/aromatic N) is 5. The lowest BCUT2D eigenvalue weighted by molar-refractivity contribution is 0.260. The molecule has 0 saturated carbocycles. The lowest BCUT2D eigenvalue weighted by atomic mass is 10.1. The van der Waals surface area contributed by atoms with Gasteiger partial charge in [-0.1, -0.05) is 6.07 Å². The summed E-state index contributed by atoms with van der Waals surface area (Å²) < 4.78 is 0. The van der Waals surface area contributed by atoms with Crippen LogP contribution in [-0.2, 0) is 12.2 Å². The van der Waals surface area contributed by atoms with Gasteiger partial charge in [-0.25, -0.2) is 15.0 Å². The molecule has 136 valence electrons. The number of aromatic nitrogens is 4. The fraction of sp³-hybridized carbons (Fsp3) is 0.421. The number of benzene rings is 1. The zero-order chi connectivity index (χ0) is 17.8. The fourth-order valence-electron chi connectivity index (χ4n) is 3.38. The second-order valence-electron chi connectivity index (χ2n) is 6.60. The van der Waals surface area contributed by atoms with E-state index in [4.69, 9.17) is 0 Å². The van der Waals surface area contributed by atoms with Gasteiger partial charge in [0.1, 0.15) is 5.82 Å². The Bertz CT molecular complexity index is 842. The Balaban J connectivity index is 1.31. The van der Waals surface area contributed by atoms with Gasteiger partial charge in [0.25, 0.3) is 0 Å². The number of nitrogens with one attached hydrogen (secondary N) is 1. The zero-order valence-electron chi connectivity index (χ0n) is 15.1. The molecule has 1 aliphatic heterocycles. The van der Waals surface area contributed by atoms with E-state index in [1.54, 1.807) is 11.8 Å². The number of imidazole rings is 1. The molecule has 1 aromatic carbocycles. The Morgan fingerprint density at radius 1 is 1.12 bits per heavy atom. The Hall–Kier alpha value is -2.12. The molecular formula is C19H24N6S. The van der Waals surface area contributed by atoms with Gasteiger partial charge in [-0.05, 0) is 36.4 Å². The summed E-state index contributed by atoms with van der Waals surface area (Å²) in [5.74, 6) is 2.83. The van der Waals surface area contributed by atoms with Gasteiger partial charge in [-0.15, -0.1) is 0 Å². The van der Waals surface area contributed by atoms with E-state index in [0.29, 0.717) is 0 Å². The number of piperazine rings is 1. The van der Waals surface area contributed by atoms with Crippen molar-refractivity contribution < 1.29 is 0 Å². The van der Waals surface area contributed by atoms with Crippen LogP contribution in [0.2, 0.25) is 0 Å². The predicted octanol–water partition coefficient (Wildman–Crippen LogP) is 2.58. The minimum atomic E-state index is 0.845. The molecule has 1 N–H and O–H groups in total. The maximum absolute atomic E-state index is 4.63. The molecule has 1 aliphatic rings. The quantitative estimate of drug-likeness (QED) is 0.722. The summed E-state index contributed by atoms with van der Waals surface area (Å²) in [7, 11) is 0. The molecule has 1 fully saturated rings. The monoisotopic (exact) mass is 368 g/mol. The third-order valence-electron chi connectivity index (χ3n) is 4.80. The number of aromatic amines is 1. The van der Waals surface area contributed by atoms with E-state index in [1.165, 1.54) is 5.56 Å². The Morgan fingerprint density at radius 2 is 1.92 bits per heavy atom. The zero-order valence-corrected chi connectivity index (χ0v) is 15.9. The first kappa shape index (κ1) is 17.3. The van der Waals surface area contributed by atoms with Crippen LogP contribution >= 0.6 is 11.8 Å². The van der Waals surface area contributed by atoms with Crippen LogP contribution in [0.25, 0.3) is 11.0 Å². The molecule has 0 amide bonds. The van der Waals surface area contributed by atoms with Gasteiger partial charge < -0.3 is 9.88 Å². The van der Waals surface area contributed by atoms with Crippen molar-refractivity contribution in [2.75, 3.05) is 43.9 Å². The molecule has 0 bridgehead atoms. The Kier molecular flexibility index (Phi) is 5.36. The average Bonchev–Trinajstić information content (AvgIpc) is 3.09. The maximum atomic E-state index is 4.63. The highest BCUT2D eigenvalue weighted by Crippen LogP contribution is 2.17. The van der Waals surface area contributed by atoms with Crippen LogP contribution in [0.15, 0.2) is 36.7 Å². The molecular weight excluding hydrogens is 344 g/mol. The number of hydrogen-bond donors (Lipinski definition) is 1. The van der Waals surface area contributed by atoms with Crippen molar-refractivity contribution in [1.82, 2.24) is 24.8 Å². The highest BCUT2D eigenvalue weighted by molar-refractivity contribution is 7.97. The molecule has 0 aliphatic carbocycles. The number of hydrogen-bond acceptors (Lipinski definition) is 6. The number of H-pyrrole nitrogens is 1. The van der Waals surface area contributed by atoms with Crippen molar-refractivity contribution in [3.05, 3.63) is 48.0 Å². The Labute approximate surface area is 158 Å². The summed E-state index contributed by atoms with van der Waals surface area (Å²) in [5, 5.41) is 0. The molecule has 26 heavy (non-hydrogen) atoms. The van der Waals surface area contributed by atoms with Crippen LogP contribution in [0.1, 0.15) is 11.4 Å². The van der Waals surface area contributed by atoms with Crippen LogP contribution < -0.4 is 4.90 Å². The van der Waals surface area contributed by atoms with Crippen molar-refractivity contribution in [2.24, 2.45) is 0 Å². The Morgan fingerprint density at radius 3 is 2.69 bits per heavy atom. The predicted molar refractivity (Wildman–Crippen MR) is 108 cm³/mol. The van der Waals surface area contributed by atoms with E-state index >= 15 is 0 Å². The van der Waals surface area contributed by atoms with Crippen LogP contribution in [0.4, 0.5) is 5.95 Å². The topological polar surface area (TPSA) is 60.9 Å². The fourth-order valence-corrected chi connectivity index (χ4v) is 3.79. The molecule has 3 heterocycles. The van der Waals surface area contributed by atoms with Gasteiger partial charge in [0, 0.05) is 45.1 Å². The summed E-state index contributed by atoms with van der Waals surface area (Å²) >= 11 is 1.79. The first-order valence-electron chi connectivity index (χ1n) is 9.02. The van der Waals surface area contributed by atoms with Gasteiger partial charge in [0.15, 0.2) is 0 Å². The first-order chi connectivity index (χ1) is 12.8. The van der Waals surface area contributed by atoms with Crippen LogP contribution in [0.5, 0.6) is 0 Å². The van der Waals surface area contributed by atoms with Gasteiger partial charge >= 0.3 is 0 Å². The van der Waals surface area contributed by atoms with Crippen molar-refractivity contribution in [2.45, 2.75) is 12.2 Å². The van der Waals surface area contributed by atoms with Gasteiger partial charge in [-0.3, -0.25) is 4.90 Å². The molecule has 0 radical (unpaired) electrons. The molecule has 1 saturated heterocycles. The molecule has 2 aromatic heterocycles. The van der Waals surface area contributed by atoms with E-state index in [0.717, 1.165) is 67.7 Å². The average molecular weight is 369 g/mol. The number of anilines is 1. The van der Waals surface area contributed by atoms with Crippen LogP contribution in [0, 0.1) is 0 Å². The smallest absolute Gasteiger partial charge is 0.225 e. The number of thioether (sulfide) groups is 1. The third-order valence-corrected chi connectivity index (χ3v) is 5.36. The molecule has 0 atom stereocenters. The SMILES string of the molecule is CSCc1nc2ccc(CCN3CCN(c4ncccn4)CC3)cc2[nH]1. The number of fused-ring (bicyclic) bond motifs is 1. The van der Waals surface area contributed by atoms with E-state index < -0.39 is 0 Å². The maximum Gasteiger partial charge on any atom is 0.225 e. The lowest BCUT2D eigenvalue weighted by Gasteiger charge is -2.34. The second kappa shape index (κ2) is 8.05. The molecule has 4 rings (SSSR count). The summed E-state index contributed by atoms with van der Waals surface area (Å²) in [5.41, 5.74) is 3.58. The second-order valence-corrected chi connectivity index (χ2v) is 7.46. The van der Waals surface area contributed by atoms with Crippen LogP contribution in [-0.4, -0.2) is 63.8 Å². The molecule has 3 aromatic rings. The minimum absolute atomic E-state index is 0.845. The van der Waals surface area contributed by atoms with Gasteiger partial charge in [0.05, 0.1) is 16.8 Å². The summed E-state index contributed by atoms with van der Waals surface area (Å²) in [4.78, 5) is 21.5. The molecule has 6 nitrogen and oxygen atoms in total. The number of rotatable bonds is 6. The highest BCUT2D eigenvalue weighted by Gasteiger charge is 2.18. The van der Waals surface area contributed by atoms with Crippen molar-refractivity contribution >= 4 is 28.7 Å². The lowest BCUT2D eigenvalue weighted by Crippen LogP contribution is -2.47. The minimum Gasteiger partial charge on any atom is -0.341 e. The van der Waals surface area contributed by atoms with Gasteiger partial charge in [0.2, 0.25) is 5.95 Å². The van der Waals surface area contributed by atoms with E-state index in [2.05, 4.69) is 54.2 Å². The van der Waals surface area contributed by atoms with E-state index in [9.17, 15) is 0 Å². The standard InChI is InChI=1S/C19H24N6S/c1-26-14-18-22-16-4-3-15(13-17(16)23-18)5-8-24-9-11-25(12-10-24)19-20-6-2-7-21-19/h2-4,6-7,13H,5,8-12,14H2,1H3,(H,22,23). The largest absolute Gasteiger partial charge is 0.341 e. The molecule has 0 unspecified atom stereocenters. The first-order valence-corrected chi connectivity index (χ1v) is 10.4. The van der Waals surface area contributed by atoms with Crippen molar-refractivity contribution in [3.8, 4) is 0 Å². The molecule has 0 spiro atoms. The van der Waals surface area contributed by atoms with Gasteiger partial charge in [-0.2, -0.15) is 11.8 Å². The van der Waals surface area contributed by atoms with Crippen molar-refractivity contribution in [3.63, 3.8) is 0 Å². The summed E-state index contributed by atoms with van der Waals surface area (Å²) in [6.45, 7) is 5.18. The highest BCUT2D eigenvalue weighted by atomic mass is 32.2. The summed E-state index contributed by atoms with van der Waals surface area (Å²) in [6, 6.07) is 8.45. The molecule has 7 heteroatoms. The third kappa shape index (κ3) is 3.99. The van der Waals surface area contributed by atoms with E-state index in [-0.39, 0.29) is 0 Å². The van der Waals surface area contributed by atoms with Crippen molar-refractivity contribution in [1.29, 1.82) is 0 Å².